The molecule has 3 rings (SSSR count). The number of hydrogen-bond acceptors (Lipinski definition) is 3. The molecule has 1 unspecified atom stereocenters. The SMILES string of the molecule is O=C(Nc1ccc(-c2ccccc2)cc1)C1CSCCN1. The van der Waals surface area contributed by atoms with Crippen LogP contribution in [0.15, 0.2) is 54.6 Å². The van der Waals surface area contributed by atoms with Gasteiger partial charge < -0.3 is 10.6 Å². The molecule has 1 aliphatic heterocycles. The second kappa shape index (κ2) is 6.78. The van der Waals surface area contributed by atoms with Crippen LogP contribution >= 0.6 is 11.8 Å². The van der Waals surface area contributed by atoms with Crippen LogP contribution in [0.2, 0.25) is 0 Å². The average Bonchev–Trinajstić information content (AvgIpc) is 2.57. The Balaban J connectivity index is 1.65. The number of benzene rings is 2. The lowest BCUT2D eigenvalue weighted by Crippen LogP contribution is -2.46. The molecule has 3 nitrogen and oxygen atoms in total. The van der Waals surface area contributed by atoms with Gasteiger partial charge in [0.05, 0.1) is 6.04 Å². The molecule has 21 heavy (non-hydrogen) atoms. The molecule has 1 atom stereocenters. The highest BCUT2D eigenvalue weighted by molar-refractivity contribution is 7.99. The molecular formula is C17H18N2OS. The lowest BCUT2D eigenvalue weighted by Gasteiger charge is -2.22. The minimum atomic E-state index is -0.0856. The zero-order chi connectivity index (χ0) is 14.5. The molecule has 0 aromatic heterocycles. The van der Waals surface area contributed by atoms with Crippen molar-refractivity contribution in [3.63, 3.8) is 0 Å². The Morgan fingerprint density at radius 1 is 1.05 bits per heavy atom. The minimum absolute atomic E-state index is 0.0506. The van der Waals surface area contributed by atoms with Crippen LogP contribution in [-0.4, -0.2) is 30.0 Å². The summed E-state index contributed by atoms with van der Waals surface area (Å²) in [7, 11) is 0. The first-order valence-electron chi connectivity index (χ1n) is 7.10. The summed E-state index contributed by atoms with van der Waals surface area (Å²) in [6, 6.07) is 18.1. The third kappa shape index (κ3) is 3.65. The van der Waals surface area contributed by atoms with E-state index in [9.17, 15) is 4.79 Å². The molecule has 4 heteroatoms. The fraction of sp³-hybridized carbons (Fsp3) is 0.235. The maximum Gasteiger partial charge on any atom is 0.242 e. The van der Waals surface area contributed by atoms with Crippen LogP contribution in [0.25, 0.3) is 11.1 Å². The van der Waals surface area contributed by atoms with Crippen molar-refractivity contribution in [2.75, 3.05) is 23.4 Å². The van der Waals surface area contributed by atoms with E-state index in [4.69, 9.17) is 0 Å². The number of carbonyl (C=O) groups excluding carboxylic acids is 1. The van der Waals surface area contributed by atoms with E-state index in [2.05, 4.69) is 22.8 Å². The second-order valence-electron chi connectivity index (χ2n) is 5.01. The summed E-state index contributed by atoms with van der Waals surface area (Å²) in [5, 5.41) is 6.22. The normalized spacial score (nSPS) is 18.2. The Labute approximate surface area is 129 Å². The third-order valence-electron chi connectivity index (χ3n) is 3.50. The van der Waals surface area contributed by atoms with Crippen molar-refractivity contribution < 1.29 is 4.79 Å². The molecule has 0 aliphatic carbocycles. The van der Waals surface area contributed by atoms with Gasteiger partial charge in [-0.1, -0.05) is 42.5 Å². The van der Waals surface area contributed by atoms with Crippen molar-refractivity contribution in [1.82, 2.24) is 5.32 Å². The first-order chi connectivity index (χ1) is 10.3. The van der Waals surface area contributed by atoms with E-state index in [1.807, 2.05) is 54.2 Å². The highest BCUT2D eigenvalue weighted by Gasteiger charge is 2.20. The first kappa shape index (κ1) is 14.2. The largest absolute Gasteiger partial charge is 0.325 e. The lowest BCUT2D eigenvalue weighted by atomic mass is 10.1. The van der Waals surface area contributed by atoms with Gasteiger partial charge in [-0.05, 0) is 23.3 Å². The monoisotopic (exact) mass is 298 g/mol. The molecule has 0 radical (unpaired) electrons. The summed E-state index contributed by atoms with van der Waals surface area (Å²) >= 11 is 1.82. The minimum Gasteiger partial charge on any atom is -0.325 e. The molecule has 1 fully saturated rings. The maximum absolute atomic E-state index is 12.1. The predicted octanol–water partition coefficient (Wildman–Crippen LogP) is 3.00. The summed E-state index contributed by atoms with van der Waals surface area (Å²) in [6.45, 7) is 0.899. The van der Waals surface area contributed by atoms with Crippen molar-refractivity contribution >= 4 is 23.4 Å². The summed E-state index contributed by atoms with van der Waals surface area (Å²) in [4.78, 5) is 12.1. The Morgan fingerprint density at radius 3 is 2.43 bits per heavy atom. The number of rotatable bonds is 3. The zero-order valence-corrected chi connectivity index (χ0v) is 12.5. The van der Waals surface area contributed by atoms with Gasteiger partial charge in [-0.3, -0.25) is 4.79 Å². The summed E-state index contributed by atoms with van der Waals surface area (Å²) in [5.74, 6) is 1.97. The van der Waals surface area contributed by atoms with Gasteiger partial charge in [0.25, 0.3) is 0 Å². The number of amides is 1. The van der Waals surface area contributed by atoms with Gasteiger partial charge >= 0.3 is 0 Å². The summed E-state index contributed by atoms with van der Waals surface area (Å²) in [5.41, 5.74) is 3.18. The van der Waals surface area contributed by atoms with Gasteiger partial charge in [0.2, 0.25) is 5.91 Å². The van der Waals surface area contributed by atoms with Crippen molar-refractivity contribution in [3.8, 4) is 11.1 Å². The van der Waals surface area contributed by atoms with E-state index in [1.54, 1.807) is 0 Å². The van der Waals surface area contributed by atoms with Crippen LogP contribution in [0.4, 0.5) is 5.69 Å². The molecule has 1 heterocycles. The van der Waals surface area contributed by atoms with Crippen molar-refractivity contribution in [1.29, 1.82) is 0 Å². The number of thioether (sulfide) groups is 1. The van der Waals surface area contributed by atoms with Gasteiger partial charge in [-0.2, -0.15) is 11.8 Å². The van der Waals surface area contributed by atoms with Gasteiger partial charge in [0.1, 0.15) is 0 Å². The van der Waals surface area contributed by atoms with Crippen molar-refractivity contribution in [3.05, 3.63) is 54.6 Å². The Bertz CT molecular complexity index is 592. The van der Waals surface area contributed by atoms with Crippen LogP contribution in [0.5, 0.6) is 0 Å². The number of anilines is 1. The first-order valence-corrected chi connectivity index (χ1v) is 8.26. The molecule has 108 valence electrons. The predicted molar refractivity (Wildman–Crippen MR) is 89.6 cm³/mol. The zero-order valence-electron chi connectivity index (χ0n) is 11.7. The Hall–Kier alpha value is -1.78. The molecule has 0 bridgehead atoms. The fourth-order valence-electron chi connectivity index (χ4n) is 2.34. The molecule has 1 aliphatic rings. The number of hydrogen-bond donors (Lipinski definition) is 2. The van der Waals surface area contributed by atoms with Gasteiger partial charge in [0, 0.05) is 23.7 Å². The highest BCUT2D eigenvalue weighted by Crippen LogP contribution is 2.21. The smallest absolute Gasteiger partial charge is 0.242 e. The topological polar surface area (TPSA) is 41.1 Å². The van der Waals surface area contributed by atoms with Gasteiger partial charge in [-0.15, -0.1) is 0 Å². The van der Waals surface area contributed by atoms with Crippen LogP contribution in [0.3, 0.4) is 0 Å². The third-order valence-corrected chi connectivity index (χ3v) is 4.56. The van der Waals surface area contributed by atoms with Gasteiger partial charge in [-0.25, -0.2) is 0 Å². The molecule has 1 saturated heterocycles. The maximum atomic E-state index is 12.1. The van der Waals surface area contributed by atoms with Crippen LogP contribution < -0.4 is 10.6 Å². The summed E-state index contributed by atoms with van der Waals surface area (Å²) in [6.07, 6.45) is 0. The molecule has 2 aromatic rings. The average molecular weight is 298 g/mol. The molecule has 1 amide bonds. The highest BCUT2D eigenvalue weighted by atomic mass is 32.2. The molecule has 2 N–H and O–H groups in total. The number of carbonyl (C=O) groups is 1. The van der Waals surface area contributed by atoms with Crippen LogP contribution in [0.1, 0.15) is 0 Å². The molecule has 0 spiro atoms. The van der Waals surface area contributed by atoms with Crippen molar-refractivity contribution in [2.45, 2.75) is 6.04 Å². The van der Waals surface area contributed by atoms with Gasteiger partial charge in [0.15, 0.2) is 0 Å². The van der Waals surface area contributed by atoms with E-state index in [-0.39, 0.29) is 11.9 Å². The Kier molecular flexibility index (Phi) is 4.58. The molecule has 0 saturated carbocycles. The number of nitrogens with one attached hydrogen (secondary N) is 2. The van der Waals surface area contributed by atoms with E-state index in [1.165, 1.54) is 5.56 Å². The Morgan fingerprint density at radius 2 is 1.76 bits per heavy atom. The summed E-state index contributed by atoms with van der Waals surface area (Å²) < 4.78 is 0. The molecular weight excluding hydrogens is 280 g/mol. The lowest BCUT2D eigenvalue weighted by molar-refractivity contribution is -0.117. The van der Waals surface area contributed by atoms with E-state index in [0.717, 1.165) is 29.3 Å². The van der Waals surface area contributed by atoms with Crippen molar-refractivity contribution in [2.24, 2.45) is 0 Å². The standard InChI is InChI=1S/C17H18N2OS/c20-17(16-12-21-11-10-18-16)19-15-8-6-14(7-9-15)13-4-2-1-3-5-13/h1-9,16,18H,10-12H2,(H,19,20). The van der Waals surface area contributed by atoms with Crippen LogP contribution in [0, 0.1) is 0 Å². The second-order valence-corrected chi connectivity index (χ2v) is 6.16. The fourth-order valence-corrected chi connectivity index (χ4v) is 3.27. The van der Waals surface area contributed by atoms with E-state index in [0.29, 0.717) is 0 Å². The van der Waals surface area contributed by atoms with E-state index >= 15 is 0 Å². The van der Waals surface area contributed by atoms with E-state index < -0.39 is 0 Å². The quantitative estimate of drug-likeness (QED) is 0.915. The van der Waals surface area contributed by atoms with Crippen LogP contribution in [-0.2, 0) is 4.79 Å². The molecule has 2 aromatic carbocycles.